The van der Waals surface area contributed by atoms with Crippen molar-refractivity contribution in [1.29, 1.82) is 0 Å². The molecule has 0 aliphatic heterocycles. The lowest BCUT2D eigenvalue weighted by atomic mass is 9.80. The molecule has 0 aromatic heterocycles. The summed E-state index contributed by atoms with van der Waals surface area (Å²) in [5.74, 6) is 0. The van der Waals surface area contributed by atoms with Gasteiger partial charge in [0.05, 0.1) is 0 Å². The Kier molecular flexibility index (Phi) is 6.02. The summed E-state index contributed by atoms with van der Waals surface area (Å²) >= 11 is 0. The summed E-state index contributed by atoms with van der Waals surface area (Å²) in [5, 5.41) is 10.3. The molecule has 0 bridgehead atoms. The summed E-state index contributed by atoms with van der Waals surface area (Å²) in [4.78, 5) is 0. The van der Waals surface area contributed by atoms with Crippen molar-refractivity contribution in [3.8, 4) is 44.5 Å². The molecule has 1 aliphatic carbocycles. The highest BCUT2D eigenvalue weighted by molar-refractivity contribution is 6.14. The van der Waals surface area contributed by atoms with E-state index < -0.39 is 0 Å². The van der Waals surface area contributed by atoms with Crippen LogP contribution in [-0.2, 0) is 5.41 Å². The standard InChI is InChI=1S/C49H34/c1-49(2)47-29-35(38-19-9-13-31-11-3-5-15-37(31)38)23-25-43(47)44-26-24-36(30-48(44)49)40-20-10-14-32-21-22-34(28-45(32)40)46-27-33-12-4-6-16-39(33)41-17-7-8-18-42(41)46/h3-30H,1-2H3. The summed E-state index contributed by atoms with van der Waals surface area (Å²) in [7, 11) is 0. The first-order chi connectivity index (χ1) is 24.0. The van der Waals surface area contributed by atoms with Gasteiger partial charge in [0.25, 0.3) is 0 Å². The smallest absolute Gasteiger partial charge is 0.0159 e. The second-order valence-corrected chi connectivity index (χ2v) is 14.1. The summed E-state index contributed by atoms with van der Waals surface area (Å²) in [6, 6.07) is 63.2. The first-order valence-corrected chi connectivity index (χ1v) is 17.3. The normalized spacial score (nSPS) is 13.3. The largest absolute Gasteiger partial charge is 0.0616 e. The molecule has 0 amide bonds. The van der Waals surface area contributed by atoms with E-state index in [0.29, 0.717) is 0 Å². The SMILES string of the molecule is CC1(C)c2cc(-c3cccc4ccccc34)ccc2-c2ccc(-c3cccc4ccc(-c5cc6ccccc6c6ccccc56)cc34)cc21. The van der Waals surface area contributed by atoms with Crippen LogP contribution >= 0.6 is 0 Å². The highest BCUT2D eigenvalue weighted by Gasteiger charge is 2.36. The van der Waals surface area contributed by atoms with Crippen molar-refractivity contribution in [1.82, 2.24) is 0 Å². The first kappa shape index (κ1) is 28.1. The van der Waals surface area contributed by atoms with E-state index in [9.17, 15) is 0 Å². The van der Waals surface area contributed by atoms with Gasteiger partial charge < -0.3 is 0 Å². The fraction of sp³-hybridized carbons (Fsp3) is 0.0612. The topological polar surface area (TPSA) is 0 Å². The molecule has 49 heavy (non-hydrogen) atoms. The zero-order valence-electron chi connectivity index (χ0n) is 27.7. The Morgan fingerprint density at radius 2 is 0.776 bits per heavy atom. The van der Waals surface area contributed by atoms with E-state index >= 15 is 0 Å². The lowest BCUT2D eigenvalue weighted by molar-refractivity contribution is 0.661. The molecule has 9 aromatic rings. The second kappa shape index (κ2) is 10.5. The molecule has 0 saturated heterocycles. The van der Waals surface area contributed by atoms with E-state index in [1.807, 2.05) is 0 Å². The van der Waals surface area contributed by atoms with E-state index in [2.05, 4.69) is 184 Å². The third kappa shape index (κ3) is 4.24. The van der Waals surface area contributed by atoms with Crippen molar-refractivity contribution in [2.75, 3.05) is 0 Å². The molecule has 1 aliphatic rings. The van der Waals surface area contributed by atoms with Gasteiger partial charge in [0.2, 0.25) is 0 Å². The molecule has 0 radical (unpaired) electrons. The predicted molar refractivity (Wildman–Crippen MR) is 210 cm³/mol. The molecule has 0 fully saturated rings. The Morgan fingerprint density at radius 3 is 1.47 bits per heavy atom. The van der Waals surface area contributed by atoms with Crippen molar-refractivity contribution in [3.63, 3.8) is 0 Å². The molecule has 0 nitrogen and oxygen atoms in total. The Bertz CT molecular complexity index is 2790. The van der Waals surface area contributed by atoms with Crippen LogP contribution in [0.25, 0.3) is 87.6 Å². The molecule has 230 valence electrons. The van der Waals surface area contributed by atoms with Gasteiger partial charge in [-0.25, -0.2) is 0 Å². The van der Waals surface area contributed by atoms with Gasteiger partial charge in [0.1, 0.15) is 0 Å². The Labute approximate surface area is 286 Å². The van der Waals surface area contributed by atoms with Crippen molar-refractivity contribution in [3.05, 3.63) is 181 Å². The van der Waals surface area contributed by atoms with E-state index in [4.69, 9.17) is 0 Å². The Morgan fingerprint density at radius 1 is 0.286 bits per heavy atom. The van der Waals surface area contributed by atoms with Crippen LogP contribution in [0.4, 0.5) is 0 Å². The van der Waals surface area contributed by atoms with Crippen molar-refractivity contribution >= 4 is 43.1 Å². The lowest BCUT2D eigenvalue weighted by Crippen LogP contribution is -2.15. The van der Waals surface area contributed by atoms with Crippen LogP contribution in [0.15, 0.2) is 170 Å². The summed E-state index contributed by atoms with van der Waals surface area (Å²) in [6.45, 7) is 4.78. The molecule has 9 aromatic carbocycles. The summed E-state index contributed by atoms with van der Waals surface area (Å²) < 4.78 is 0. The first-order valence-electron chi connectivity index (χ1n) is 17.3. The van der Waals surface area contributed by atoms with E-state index in [1.54, 1.807) is 0 Å². The zero-order valence-corrected chi connectivity index (χ0v) is 27.7. The van der Waals surface area contributed by atoms with Crippen LogP contribution in [0.1, 0.15) is 25.0 Å². The zero-order chi connectivity index (χ0) is 32.7. The predicted octanol–water partition coefficient (Wildman–Crippen LogP) is 13.6. The fourth-order valence-corrected chi connectivity index (χ4v) is 8.53. The Balaban J connectivity index is 1.10. The van der Waals surface area contributed by atoms with Gasteiger partial charge in [-0.05, 0) is 123 Å². The molecular formula is C49H34. The van der Waals surface area contributed by atoms with Gasteiger partial charge in [-0.1, -0.05) is 159 Å². The maximum absolute atomic E-state index is 2.46. The molecule has 0 saturated carbocycles. The quantitative estimate of drug-likeness (QED) is 0.172. The van der Waals surface area contributed by atoms with E-state index in [-0.39, 0.29) is 5.41 Å². The highest BCUT2D eigenvalue weighted by Crippen LogP contribution is 2.51. The molecule has 0 heteroatoms. The van der Waals surface area contributed by atoms with Crippen LogP contribution in [-0.4, -0.2) is 0 Å². The molecular weight excluding hydrogens is 589 g/mol. The molecule has 0 unspecified atom stereocenters. The third-order valence-corrected chi connectivity index (χ3v) is 11.0. The average Bonchev–Trinajstić information content (AvgIpc) is 3.38. The van der Waals surface area contributed by atoms with Crippen LogP contribution in [0.5, 0.6) is 0 Å². The number of benzene rings is 9. The van der Waals surface area contributed by atoms with Crippen LogP contribution in [0.2, 0.25) is 0 Å². The van der Waals surface area contributed by atoms with Gasteiger partial charge in [-0.2, -0.15) is 0 Å². The van der Waals surface area contributed by atoms with Crippen LogP contribution < -0.4 is 0 Å². The number of hydrogen-bond donors (Lipinski definition) is 0. The molecule has 0 N–H and O–H groups in total. The Hall–Kier alpha value is -5.98. The van der Waals surface area contributed by atoms with E-state index in [1.165, 1.54) is 98.7 Å². The maximum atomic E-state index is 2.46. The van der Waals surface area contributed by atoms with Gasteiger partial charge in [0.15, 0.2) is 0 Å². The third-order valence-electron chi connectivity index (χ3n) is 11.0. The minimum absolute atomic E-state index is 0.124. The average molecular weight is 623 g/mol. The van der Waals surface area contributed by atoms with Crippen molar-refractivity contribution in [2.24, 2.45) is 0 Å². The summed E-state index contributed by atoms with van der Waals surface area (Å²) in [6.07, 6.45) is 0. The lowest BCUT2D eigenvalue weighted by Gasteiger charge is -2.23. The molecule has 0 heterocycles. The van der Waals surface area contributed by atoms with Crippen molar-refractivity contribution in [2.45, 2.75) is 19.3 Å². The van der Waals surface area contributed by atoms with E-state index in [0.717, 1.165) is 0 Å². The highest BCUT2D eigenvalue weighted by atomic mass is 14.4. The van der Waals surface area contributed by atoms with Gasteiger partial charge >= 0.3 is 0 Å². The second-order valence-electron chi connectivity index (χ2n) is 14.1. The number of fused-ring (bicyclic) bond motifs is 8. The molecule has 0 spiro atoms. The van der Waals surface area contributed by atoms with Gasteiger partial charge in [0, 0.05) is 5.41 Å². The molecule has 0 atom stereocenters. The van der Waals surface area contributed by atoms with Gasteiger partial charge in [-0.3, -0.25) is 0 Å². The van der Waals surface area contributed by atoms with Gasteiger partial charge in [-0.15, -0.1) is 0 Å². The van der Waals surface area contributed by atoms with Crippen molar-refractivity contribution < 1.29 is 0 Å². The number of hydrogen-bond acceptors (Lipinski definition) is 0. The summed E-state index contributed by atoms with van der Waals surface area (Å²) in [5.41, 5.74) is 13.0. The fourth-order valence-electron chi connectivity index (χ4n) is 8.53. The maximum Gasteiger partial charge on any atom is 0.0159 e. The van der Waals surface area contributed by atoms with Crippen LogP contribution in [0.3, 0.4) is 0 Å². The minimum Gasteiger partial charge on any atom is -0.0616 e. The number of rotatable bonds is 3. The molecule has 10 rings (SSSR count). The monoisotopic (exact) mass is 622 g/mol. The minimum atomic E-state index is -0.124. The van der Waals surface area contributed by atoms with Crippen LogP contribution in [0, 0.1) is 0 Å².